The lowest BCUT2D eigenvalue weighted by Crippen LogP contribution is -2.27. The van der Waals surface area contributed by atoms with Gasteiger partial charge in [0.05, 0.1) is 30.3 Å². The summed E-state index contributed by atoms with van der Waals surface area (Å²) in [7, 11) is 1.58. The van der Waals surface area contributed by atoms with Crippen molar-refractivity contribution in [1.29, 1.82) is 0 Å². The summed E-state index contributed by atoms with van der Waals surface area (Å²) < 4.78 is 10.2. The monoisotopic (exact) mass is 300 g/mol. The Bertz CT molecular complexity index is 703. The van der Waals surface area contributed by atoms with Gasteiger partial charge in [-0.2, -0.15) is 0 Å². The van der Waals surface area contributed by atoms with Crippen LogP contribution in [0, 0.1) is 0 Å². The normalized spacial score (nSPS) is 11.6. The number of methoxy groups -OCH3 is 1. The van der Waals surface area contributed by atoms with Crippen LogP contribution < -0.4 is 5.32 Å². The fraction of sp³-hybridized carbons (Fsp3) is 0.294. The first-order valence-corrected chi connectivity index (χ1v) is 6.98. The largest absolute Gasteiger partial charge is 0.504 e. The molecule has 116 valence electrons. The molecule has 0 saturated heterocycles. The number of carbonyl (C=O) groups is 1. The second-order valence-electron chi connectivity index (χ2n) is 5.78. The van der Waals surface area contributed by atoms with Crippen LogP contribution in [0.15, 0.2) is 36.6 Å². The van der Waals surface area contributed by atoms with Gasteiger partial charge in [0.25, 0.3) is 0 Å². The SMILES string of the molecule is CO/C=C/c1ccc2cccc(NC(=O)OC(C)(C)C)c2n1. The second kappa shape index (κ2) is 6.47. The van der Waals surface area contributed by atoms with E-state index >= 15 is 0 Å². The summed E-state index contributed by atoms with van der Waals surface area (Å²) in [6, 6.07) is 9.42. The zero-order valence-corrected chi connectivity index (χ0v) is 13.2. The number of fused-ring (bicyclic) bond motifs is 1. The minimum atomic E-state index is -0.547. The first-order chi connectivity index (χ1) is 10.4. The number of carbonyl (C=O) groups excluding carboxylic acids is 1. The average Bonchev–Trinajstić information content (AvgIpc) is 2.43. The highest BCUT2D eigenvalue weighted by atomic mass is 16.6. The Hall–Kier alpha value is -2.56. The lowest BCUT2D eigenvalue weighted by atomic mass is 10.1. The smallest absolute Gasteiger partial charge is 0.412 e. The van der Waals surface area contributed by atoms with Gasteiger partial charge in [0, 0.05) is 5.39 Å². The van der Waals surface area contributed by atoms with Crippen molar-refractivity contribution in [2.24, 2.45) is 0 Å². The molecule has 22 heavy (non-hydrogen) atoms. The van der Waals surface area contributed by atoms with Crippen LogP contribution in [0.25, 0.3) is 17.0 Å². The molecule has 1 heterocycles. The highest BCUT2D eigenvalue weighted by Crippen LogP contribution is 2.23. The predicted octanol–water partition coefficient (Wildman–Crippen LogP) is 4.20. The Labute approximate surface area is 130 Å². The molecule has 2 rings (SSSR count). The van der Waals surface area contributed by atoms with Crippen LogP contribution in [0.3, 0.4) is 0 Å². The molecule has 0 radical (unpaired) electrons. The van der Waals surface area contributed by atoms with E-state index in [2.05, 4.69) is 10.3 Å². The summed E-state index contributed by atoms with van der Waals surface area (Å²) in [5.41, 5.74) is 1.51. The maximum Gasteiger partial charge on any atom is 0.412 e. The van der Waals surface area contributed by atoms with E-state index in [4.69, 9.17) is 9.47 Å². The number of aromatic nitrogens is 1. The van der Waals surface area contributed by atoms with E-state index in [-0.39, 0.29) is 0 Å². The van der Waals surface area contributed by atoms with Crippen molar-refractivity contribution >= 4 is 28.8 Å². The maximum atomic E-state index is 11.9. The fourth-order valence-electron chi connectivity index (χ4n) is 1.91. The van der Waals surface area contributed by atoms with Gasteiger partial charge in [-0.3, -0.25) is 5.32 Å². The zero-order chi connectivity index (χ0) is 16.2. The fourth-order valence-corrected chi connectivity index (χ4v) is 1.91. The summed E-state index contributed by atoms with van der Waals surface area (Å²) >= 11 is 0. The number of hydrogen-bond acceptors (Lipinski definition) is 4. The summed E-state index contributed by atoms with van der Waals surface area (Å²) in [5.74, 6) is 0. The van der Waals surface area contributed by atoms with Crippen LogP contribution in [0.4, 0.5) is 10.5 Å². The minimum absolute atomic E-state index is 0.500. The topological polar surface area (TPSA) is 60.5 Å². The van der Waals surface area contributed by atoms with Gasteiger partial charge in [0.1, 0.15) is 5.60 Å². The molecular formula is C17H20N2O3. The first-order valence-electron chi connectivity index (χ1n) is 6.98. The molecule has 0 spiro atoms. The van der Waals surface area contributed by atoms with E-state index in [1.165, 1.54) is 0 Å². The molecule has 5 heteroatoms. The second-order valence-corrected chi connectivity index (χ2v) is 5.78. The van der Waals surface area contributed by atoms with Gasteiger partial charge < -0.3 is 9.47 Å². The number of ether oxygens (including phenoxy) is 2. The van der Waals surface area contributed by atoms with Crippen LogP contribution in [-0.4, -0.2) is 23.8 Å². The number of rotatable bonds is 3. The van der Waals surface area contributed by atoms with Crippen LogP contribution in [0.1, 0.15) is 26.5 Å². The van der Waals surface area contributed by atoms with Crippen LogP contribution in [-0.2, 0) is 9.47 Å². The minimum Gasteiger partial charge on any atom is -0.504 e. The quantitative estimate of drug-likeness (QED) is 0.863. The predicted molar refractivity (Wildman–Crippen MR) is 87.6 cm³/mol. The molecular weight excluding hydrogens is 280 g/mol. The van der Waals surface area contributed by atoms with Gasteiger partial charge in [-0.15, -0.1) is 0 Å². The molecule has 2 aromatic rings. The van der Waals surface area contributed by atoms with Crippen molar-refractivity contribution in [2.45, 2.75) is 26.4 Å². The van der Waals surface area contributed by atoms with Crippen molar-refractivity contribution in [3.05, 3.63) is 42.3 Å². The maximum absolute atomic E-state index is 11.9. The van der Waals surface area contributed by atoms with E-state index in [0.717, 1.165) is 11.1 Å². The molecule has 1 amide bonds. The number of anilines is 1. The van der Waals surface area contributed by atoms with Crippen LogP contribution in [0.5, 0.6) is 0 Å². The van der Waals surface area contributed by atoms with E-state index < -0.39 is 11.7 Å². The molecule has 0 aliphatic carbocycles. The number of hydrogen-bond donors (Lipinski definition) is 1. The Kier molecular flexibility index (Phi) is 4.65. The van der Waals surface area contributed by atoms with E-state index in [9.17, 15) is 4.79 Å². The molecule has 0 aliphatic rings. The highest BCUT2D eigenvalue weighted by Gasteiger charge is 2.17. The first kappa shape index (κ1) is 15.8. The number of nitrogens with zero attached hydrogens (tertiary/aromatic N) is 1. The van der Waals surface area contributed by atoms with Gasteiger partial charge in [0.15, 0.2) is 0 Å². The molecule has 0 bridgehead atoms. The number of para-hydroxylation sites is 1. The van der Waals surface area contributed by atoms with Gasteiger partial charge in [-0.1, -0.05) is 18.2 Å². The molecule has 1 N–H and O–H groups in total. The van der Waals surface area contributed by atoms with Crippen molar-refractivity contribution in [2.75, 3.05) is 12.4 Å². The van der Waals surface area contributed by atoms with Gasteiger partial charge >= 0.3 is 6.09 Å². The van der Waals surface area contributed by atoms with Crippen LogP contribution >= 0.6 is 0 Å². The molecule has 5 nitrogen and oxygen atoms in total. The van der Waals surface area contributed by atoms with E-state index in [0.29, 0.717) is 11.2 Å². The Morgan fingerprint density at radius 1 is 1.23 bits per heavy atom. The summed E-state index contributed by atoms with van der Waals surface area (Å²) in [6.45, 7) is 5.46. The Morgan fingerprint density at radius 2 is 2.00 bits per heavy atom. The summed E-state index contributed by atoms with van der Waals surface area (Å²) in [6.07, 6.45) is 2.81. The highest BCUT2D eigenvalue weighted by molar-refractivity contribution is 5.98. The standard InChI is InChI=1S/C17H20N2O3/c1-17(2,3)22-16(20)19-14-7-5-6-12-8-9-13(10-11-21-4)18-15(12)14/h5-11H,1-4H3,(H,19,20)/b11-10+. The van der Waals surface area contributed by atoms with Crippen molar-refractivity contribution in [3.63, 3.8) is 0 Å². The third-order valence-corrected chi connectivity index (χ3v) is 2.75. The van der Waals surface area contributed by atoms with Crippen LogP contribution in [0.2, 0.25) is 0 Å². The molecule has 0 atom stereocenters. The molecule has 1 aromatic carbocycles. The van der Waals surface area contributed by atoms with Crippen molar-refractivity contribution in [1.82, 2.24) is 4.98 Å². The van der Waals surface area contributed by atoms with Gasteiger partial charge in [0.2, 0.25) is 0 Å². The molecule has 0 unspecified atom stereocenters. The van der Waals surface area contributed by atoms with Crippen molar-refractivity contribution < 1.29 is 14.3 Å². The third kappa shape index (κ3) is 4.22. The molecule has 0 fully saturated rings. The van der Waals surface area contributed by atoms with E-state index in [1.54, 1.807) is 25.5 Å². The van der Waals surface area contributed by atoms with Crippen molar-refractivity contribution in [3.8, 4) is 0 Å². The summed E-state index contributed by atoms with van der Waals surface area (Å²) in [4.78, 5) is 16.5. The van der Waals surface area contributed by atoms with Gasteiger partial charge in [-0.25, -0.2) is 9.78 Å². The summed E-state index contributed by atoms with van der Waals surface area (Å²) in [5, 5.41) is 3.68. The molecule has 1 aromatic heterocycles. The number of amides is 1. The lowest BCUT2D eigenvalue weighted by molar-refractivity contribution is 0.0636. The molecule has 0 aliphatic heterocycles. The Balaban J connectivity index is 2.32. The number of benzene rings is 1. The third-order valence-electron chi connectivity index (χ3n) is 2.75. The zero-order valence-electron chi connectivity index (χ0n) is 13.2. The number of pyridine rings is 1. The average molecular weight is 300 g/mol. The number of nitrogens with one attached hydrogen (secondary N) is 1. The van der Waals surface area contributed by atoms with Gasteiger partial charge in [-0.05, 0) is 39.0 Å². The Morgan fingerprint density at radius 3 is 2.68 bits per heavy atom. The lowest BCUT2D eigenvalue weighted by Gasteiger charge is -2.20. The van der Waals surface area contributed by atoms with E-state index in [1.807, 2.05) is 45.0 Å². The molecule has 0 saturated carbocycles.